The monoisotopic (exact) mass is 230 g/mol. The molecular formula is C9H18N2O3Si. The molecule has 0 spiro atoms. The number of aromatic nitrogens is 2. The Balaban J connectivity index is 2.36. The van der Waals surface area contributed by atoms with Gasteiger partial charge in [0.2, 0.25) is 0 Å². The largest absolute Gasteiger partial charge is 0.497 e. The second-order valence-corrected chi connectivity index (χ2v) is 6.13. The standard InChI is InChI=1S/C9H18N2O3Si/c1-9-10-5-7-11(9)6-4-8-15(12,13-2)14-3/h5,7,12H,4,6,8H2,1-3H3. The van der Waals surface area contributed by atoms with Crippen LogP contribution in [0.3, 0.4) is 0 Å². The summed E-state index contributed by atoms with van der Waals surface area (Å²) in [5.41, 5.74) is 0. The van der Waals surface area contributed by atoms with E-state index in [1.807, 2.05) is 17.7 Å². The Morgan fingerprint density at radius 1 is 1.47 bits per heavy atom. The van der Waals surface area contributed by atoms with Crippen molar-refractivity contribution in [3.05, 3.63) is 18.2 Å². The lowest BCUT2D eigenvalue weighted by atomic mass is 10.4. The quantitative estimate of drug-likeness (QED) is 0.735. The number of aryl methyl sites for hydroxylation is 2. The van der Waals surface area contributed by atoms with Crippen LogP contribution in [0.25, 0.3) is 0 Å². The van der Waals surface area contributed by atoms with E-state index in [4.69, 9.17) is 8.85 Å². The molecule has 0 atom stereocenters. The number of nitrogens with zero attached hydrogens (tertiary/aromatic N) is 2. The average molecular weight is 230 g/mol. The molecule has 0 unspecified atom stereocenters. The van der Waals surface area contributed by atoms with E-state index < -0.39 is 8.80 Å². The zero-order valence-electron chi connectivity index (χ0n) is 9.43. The van der Waals surface area contributed by atoms with Gasteiger partial charge in [0, 0.05) is 39.2 Å². The van der Waals surface area contributed by atoms with Gasteiger partial charge in [0.25, 0.3) is 0 Å². The zero-order chi connectivity index (χ0) is 11.3. The molecule has 0 aliphatic rings. The van der Waals surface area contributed by atoms with E-state index in [9.17, 15) is 4.80 Å². The predicted octanol–water partition coefficient (Wildman–Crippen LogP) is 0.806. The van der Waals surface area contributed by atoms with Crippen molar-refractivity contribution in [3.63, 3.8) is 0 Å². The van der Waals surface area contributed by atoms with Crippen molar-refractivity contribution < 1.29 is 13.6 Å². The lowest BCUT2D eigenvalue weighted by Crippen LogP contribution is -2.40. The zero-order valence-corrected chi connectivity index (χ0v) is 10.4. The topological polar surface area (TPSA) is 56.5 Å². The highest BCUT2D eigenvalue weighted by molar-refractivity contribution is 6.59. The minimum Gasteiger partial charge on any atom is -0.390 e. The first kappa shape index (κ1) is 12.4. The molecule has 0 bridgehead atoms. The van der Waals surface area contributed by atoms with Crippen LogP contribution < -0.4 is 0 Å². The molecule has 0 aliphatic heterocycles. The first-order valence-electron chi connectivity index (χ1n) is 4.92. The normalized spacial score (nSPS) is 12.0. The maximum atomic E-state index is 9.80. The van der Waals surface area contributed by atoms with E-state index in [1.165, 1.54) is 14.2 Å². The highest BCUT2D eigenvalue weighted by Gasteiger charge is 2.33. The van der Waals surface area contributed by atoms with Gasteiger partial charge in [-0.1, -0.05) is 0 Å². The summed E-state index contributed by atoms with van der Waals surface area (Å²) >= 11 is 0. The minimum absolute atomic E-state index is 0.567. The summed E-state index contributed by atoms with van der Waals surface area (Å²) in [4.78, 5) is 13.9. The predicted molar refractivity (Wildman–Crippen MR) is 58.4 cm³/mol. The Morgan fingerprint density at radius 2 is 2.13 bits per heavy atom. The second-order valence-electron chi connectivity index (χ2n) is 3.39. The van der Waals surface area contributed by atoms with Crippen molar-refractivity contribution in [1.29, 1.82) is 0 Å². The highest BCUT2D eigenvalue weighted by atomic mass is 28.4. The molecular weight excluding hydrogens is 212 g/mol. The van der Waals surface area contributed by atoms with Gasteiger partial charge in [0.15, 0.2) is 0 Å². The van der Waals surface area contributed by atoms with E-state index in [0.717, 1.165) is 18.8 Å². The molecule has 15 heavy (non-hydrogen) atoms. The van der Waals surface area contributed by atoms with E-state index >= 15 is 0 Å². The molecule has 0 aromatic carbocycles. The third-order valence-electron chi connectivity index (χ3n) is 2.45. The second kappa shape index (κ2) is 5.41. The number of imidazole rings is 1. The van der Waals surface area contributed by atoms with Gasteiger partial charge in [0.05, 0.1) is 0 Å². The summed E-state index contributed by atoms with van der Waals surface area (Å²) in [6.07, 6.45) is 4.52. The van der Waals surface area contributed by atoms with Crippen LogP contribution in [0.2, 0.25) is 6.04 Å². The number of hydrogen-bond donors (Lipinski definition) is 1. The molecule has 6 heteroatoms. The lowest BCUT2D eigenvalue weighted by molar-refractivity contribution is 0.150. The summed E-state index contributed by atoms with van der Waals surface area (Å²) in [6.45, 7) is 2.78. The molecule has 0 amide bonds. The molecule has 0 saturated carbocycles. The van der Waals surface area contributed by atoms with Gasteiger partial charge >= 0.3 is 8.80 Å². The van der Waals surface area contributed by atoms with Gasteiger partial charge in [-0.3, -0.25) is 0 Å². The molecule has 86 valence electrons. The van der Waals surface area contributed by atoms with Gasteiger partial charge in [-0.05, 0) is 13.3 Å². The first-order chi connectivity index (χ1) is 7.11. The molecule has 5 nitrogen and oxygen atoms in total. The maximum Gasteiger partial charge on any atom is 0.497 e. The fourth-order valence-corrected chi connectivity index (χ4v) is 2.58. The van der Waals surface area contributed by atoms with Crippen molar-refractivity contribution in [2.24, 2.45) is 0 Å². The van der Waals surface area contributed by atoms with Crippen molar-refractivity contribution >= 4 is 8.80 Å². The number of hydrogen-bond acceptors (Lipinski definition) is 4. The van der Waals surface area contributed by atoms with E-state index in [2.05, 4.69) is 4.98 Å². The summed E-state index contributed by atoms with van der Waals surface area (Å²) < 4.78 is 12.0. The van der Waals surface area contributed by atoms with Gasteiger partial charge in [-0.25, -0.2) is 4.98 Å². The highest BCUT2D eigenvalue weighted by Crippen LogP contribution is 2.11. The van der Waals surface area contributed by atoms with Crippen LogP contribution in [0.15, 0.2) is 12.4 Å². The third kappa shape index (κ3) is 3.42. The summed E-state index contributed by atoms with van der Waals surface area (Å²) in [5, 5.41) is 0. The van der Waals surface area contributed by atoms with Crippen LogP contribution in [0, 0.1) is 6.92 Å². The molecule has 1 rings (SSSR count). The first-order valence-corrected chi connectivity index (χ1v) is 6.89. The SMILES string of the molecule is CO[Si](O)(CCCn1ccnc1C)OC. The minimum atomic E-state index is -2.88. The van der Waals surface area contributed by atoms with Crippen LogP contribution in [0.1, 0.15) is 12.2 Å². The van der Waals surface area contributed by atoms with Crippen molar-refractivity contribution in [1.82, 2.24) is 9.55 Å². The summed E-state index contributed by atoms with van der Waals surface area (Å²) in [7, 11) is 0.0867. The van der Waals surface area contributed by atoms with Gasteiger partial charge in [0.1, 0.15) is 5.82 Å². The Kier molecular flexibility index (Phi) is 4.46. The number of rotatable bonds is 6. The Morgan fingerprint density at radius 3 is 2.60 bits per heavy atom. The van der Waals surface area contributed by atoms with Gasteiger partial charge < -0.3 is 18.2 Å². The van der Waals surface area contributed by atoms with Crippen LogP contribution in [-0.4, -0.2) is 37.4 Å². The molecule has 1 aromatic rings. The van der Waals surface area contributed by atoms with Crippen LogP contribution in [0.5, 0.6) is 0 Å². The summed E-state index contributed by atoms with van der Waals surface area (Å²) in [6, 6.07) is 0.567. The van der Waals surface area contributed by atoms with Gasteiger partial charge in [-0.15, -0.1) is 0 Å². The fourth-order valence-electron chi connectivity index (χ4n) is 1.40. The molecule has 1 heterocycles. The molecule has 0 aliphatic carbocycles. The molecule has 1 aromatic heterocycles. The van der Waals surface area contributed by atoms with Gasteiger partial charge in [-0.2, -0.15) is 0 Å². The van der Waals surface area contributed by atoms with Crippen LogP contribution in [-0.2, 0) is 15.4 Å². The summed E-state index contributed by atoms with van der Waals surface area (Å²) in [5.74, 6) is 0.982. The van der Waals surface area contributed by atoms with Crippen molar-refractivity contribution in [2.45, 2.75) is 25.9 Å². The Hall–Kier alpha value is -0.693. The average Bonchev–Trinajstić information content (AvgIpc) is 2.64. The molecule has 1 N–H and O–H groups in total. The van der Waals surface area contributed by atoms with Crippen molar-refractivity contribution in [3.8, 4) is 0 Å². The smallest absolute Gasteiger partial charge is 0.390 e. The Labute approximate surface area is 91.0 Å². The maximum absolute atomic E-state index is 9.80. The lowest BCUT2D eigenvalue weighted by Gasteiger charge is -2.19. The van der Waals surface area contributed by atoms with Crippen LogP contribution >= 0.6 is 0 Å². The molecule has 0 radical (unpaired) electrons. The fraction of sp³-hybridized carbons (Fsp3) is 0.667. The Bertz CT molecular complexity index is 299. The van der Waals surface area contributed by atoms with Crippen LogP contribution in [0.4, 0.5) is 0 Å². The third-order valence-corrected chi connectivity index (χ3v) is 4.71. The van der Waals surface area contributed by atoms with Crippen molar-refractivity contribution in [2.75, 3.05) is 14.2 Å². The van der Waals surface area contributed by atoms with E-state index in [1.54, 1.807) is 6.20 Å². The molecule has 0 fully saturated rings. The molecule has 0 saturated heterocycles. The van der Waals surface area contributed by atoms with E-state index in [-0.39, 0.29) is 0 Å². The van der Waals surface area contributed by atoms with E-state index in [0.29, 0.717) is 6.04 Å².